The van der Waals surface area contributed by atoms with E-state index in [-0.39, 0.29) is 17.2 Å². The molecule has 1 fully saturated rings. The first-order chi connectivity index (χ1) is 8.97. The summed E-state index contributed by atoms with van der Waals surface area (Å²) in [6, 6.07) is 3.89. The molecule has 1 saturated heterocycles. The van der Waals surface area contributed by atoms with Gasteiger partial charge in [0.2, 0.25) is 11.8 Å². The van der Waals surface area contributed by atoms with Crippen molar-refractivity contribution in [1.82, 2.24) is 5.32 Å². The third kappa shape index (κ3) is 3.11. The molecule has 3 N–H and O–H groups in total. The molecule has 0 spiro atoms. The van der Waals surface area contributed by atoms with Crippen molar-refractivity contribution in [2.75, 3.05) is 5.32 Å². The second-order valence-corrected chi connectivity index (χ2v) is 5.06. The standard InChI is InChI=1S/C12H11BrN2O4/c13-6-1-2-7(12(18)19)9(5-6)15-11(17)8-3-4-10(16)14-8/h1-2,5,8H,3-4H2,(H,14,16)(H,15,17)(H,18,19)/t8-/m1/s1. The van der Waals surface area contributed by atoms with Gasteiger partial charge in [-0.3, -0.25) is 9.59 Å². The van der Waals surface area contributed by atoms with Crippen LogP contribution in [0.2, 0.25) is 0 Å². The SMILES string of the molecule is O=C1CC[C@H](C(=O)Nc2cc(Br)ccc2C(=O)O)N1. The van der Waals surface area contributed by atoms with Gasteiger partial charge in [0, 0.05) is 10.9 Å². The number of carbonyl (C=O) groups excluding carboxylic acids is 2. The lowest BCUT2D eigenvalue weighted by atomic mass is 10.1. The van der Waals surface area contributed by atoms with Gasteiger partial charge in [0.05, 0.1) is 11.3 Å². The first-order valence-corrected chi connectivity index (χ1v) is 6.40. The molecule has 0 saturated carbocycles. The lowest BCUT2D eigenvalue weighted by Gasteiger charge is -2.13. The van der Waals surface area contributed by atoms with Gasteiger partial charge in [0.15, 0.2) is 0 Å². The molecule has 1 aromatic rings. The van der Waals surface area contributed by atoms with Crippen molar-refractivity contribution in [3.63, 3.8) is 0 Å². The van der Waals surface area contributed by atoms with Crippen molar-refractivity contribution in [1.29, 1.82) is 0 Å². The zero-order chi connectivity index (χ0) is 14.0. The lowest BCUT2D eigenvalue weighted by molar-refractivity contribution is -0.122. The molecule has 0 radical (unpaired) electrons. The average Bonchev–Trinajstić information content (AvgIpc) is 2.75. The molecule has 1 aromatic carbocycles. The Balaban J connectivity index is 2.18. The maximum absolute atomic E-state index is 11.9. The maximum Gasteiger partial charge on any atom is 0.337 e. The number of amides is 2. The fraction of sp³-hybridized carbons (Fsp3) is 0.250. The Morgan fingerprint density at radius 2 is 2.16 bits per heavy atom. The fourth-order valence-electron chi connectivity index (χ4n) is 1.84. The first kappa shape index (κ1) is 13.5. The van der Waals surface area contributed by atoms with Crippen LogP contribution in [0, 0.1) is 0 Å². The molecule has 1 aliphatic heterocycles. The van der Waals surface area contributed by atoms with Crippen molar-refractivity contribution in [3.8, 4) is 0 Å². The molecule has 7 heteroatoms. The van der Waals surface area contributed by atoms with Gasteiger partial charge in [-0.2, -0.15) is 0 Å². The summed E-state index contributed by atoms with van der Waals surface area (Å²) in [4.78, 5) is 34.0. The van der Waals surface area contributed by atoms with Crippen molar-refractivity contribution in [2.45, 2.75) is 18.9 Å². The van der Waals surface area contributed by atoms with E-state index < -0.39 is 17.9 Å². The molecule has 2 rings (SSSR count). The van der Waals surface area contributed by atoms with E-state index in [1.165, 1.54) is 12.1 Å². The number of aromatic carboxylic acids is 1. The average molecular weight is 327 g/mol. The zero-order valence-corrected chi connectivity index (χ0v) is 11.4. The number of halogens is 1. The van der Waals surface area contributed by atoms with Gasteiger partial charge in [0.25, 0.3) is 0 Å². The number of carboxylic acid groups (broad SMARTS) is 1. The molecule has 19 heavy (non-hydrogen) atoms. The number of carboxylic acids is 1. The van der Waals surface area contributed by atoms with Gasteiger partial charge in [0.1, 0.15) is 6.04 Å². The van der Waals surface area contributed by atoms with E-state index in [1.807, 2.05) is 0 Å². The molecule has 0 aromatic heterocycles. The van der Waals surface area contributed by atoms with Gasteiger partial charge >= 0.3 is 5.97 Å². The third-order valence-corrected chi connectivity index (χ3v) is 3.27. The molecule has 100 valence electrons. The predicted octanol–water partition coefficient (Wildman–Crippen LogP) is 1.36. The number of nitrogens with one attached hydrogen (secondary N) is 2. The highest BCUT2D eigenvalue weighted by Crippen LogP contribution is 2.22. The summed E-state index contributed by atoms with van der Waals surface area (Å²) in [5.41, 5.74) is 0.203. The van der Waals surface area contributed by atoms with Crippen LogP contribution in [0.1, 0.15) is 23.2 Å². The number of hydrogen-bond acceptors (Lipinski definition) is 3. The molecule has 6 nitrogen and oxygen atoms in total. The van der Waals surface area contributed by atoms with Crippen molar-refractivity contribution in [3.05, 3.63) is 28.2 Å². The minimum Gasteiger partial charge on any atom is -0.478 e. The van der Waals surface area contributed by atoms with E-state index in [0.29, 0.717) is 17.3 Å². The Kier molecular flexibility index (Phi) is 3.84. The van der Waals surface area contributed by atoms with Crippen LogP contribution in [0.25, 0.3) is 0 Å². The van der Waals surface area contributed by atoms with E-state index in [9.17, 15) is 14.4 Å². The number of benzene rings is 1. The highest BCUT2D eigenvalue weighted by molar-refractivity contribution is 9.10. The van der Waals surface area contributed by atoms with Crippen LogP contribution in [-0.4, -0.2) is 28.9 Å². The smallest absolute Gasteiger partial charge is 0.337 e. The molecule has 0 unspecified atom stereocenters. The van der Waals surface area contributed by atoms with Crippen LogP contribution in [0.5, 0.6) is 0 Å². The Hall–Kier alpha value is -1.89. The normalized spacial score (nSPS) is 17.9. The first-order valence-electron chi connectivity index (χ1n) is 5.60. The summed E-state index contributed by atoms with van der Waals surface area (Å²) >= 11 is 3.21. The van der Waals surface area contributed by atoms with E-state index in [2.05, 4.69) is 26.6 Å². The van der Waals surface area contributed by atoms with Crippen LogP contribution in [-0.2, 0) is 9.59 Å². The number of carbonyl (C=O) groups is 3. The van der Waals surface area contributed by atoms with Crippen molar-refractivity contribution < 1.29 is 19.5 Å². The molecule has 0 aliphatic carbocycles. The molecular formula is C12H11BrN2O4. The second-order valence-electron chi connectivity index (χ2n) is 4.14. The summed E-state index contributed by atoms with van der Waals surface area (Å²) in [5.74, 6) is -1.71. The summed E-state index contributed by atoms with van der Waals surface area (Å²) in [6.07, 6.45) is 0.726. The summed E-state index contributed by atoms with van der Waals surface area (Å²) in [5, 5.41) is 14.1. The van der Waals surface area contributed by atoms with Crippen LogP contribution in [0.15, 0.2) is 22.7 Å². The molecule has 1 aliphatic rings. The molecule has 0 bridgehead atoms. The fourth-order valence-corrected chi connectivity index (χ4v) is 2.20. The van der Waals surface area contributed by atoms with E-state index in [4.69, 9.17) is 5.11 Å². The van der Waals surface area contributed by atoms with Crippen LogP contribution >= 0.6 is 15.9 Å². The van der Waals surface area contributed by atoms with Crippen LogP contribution in [0.3, 0.4) is 0 Å². The highest BCUT2D eigenvalue weighted by Gasteiger charge is 2.27. The van der Waals surface area contributed by atoms with Crippen molar-refractivity contribution in [2.24, 2.45) is 0 Å². The zero-order valence-electron chi connectivity index (χ0n) is 9.77. The molecule has 2 amide bonds. The second kappa shape index (κ2) is 5.40. The maximum atomic E-state index is 11.9. The van der Waals surface area contributed by atoms with E-state index in [1.54, 1.807) is 6.07 Å². The minimum atomic E-state index is -1.13. The van der Waals surface area contributed by atoms with Gasteiger partial charge in [-0.1, -0.05) is 15.9 Å². The number of anilines is 1. The van der Waals surface area contributed by atoms with Gasteiger partial charge < -0.3 is 15.7 Å². The van der Waals surface area contributed by atoms with Crippen LogP contribution < -0.4 is 10.6 Å². The van der Waals surface area contributed by atoms with E-state index in [0.717, 1.165) is 0 Å². The highest BCUT2D eigenvalue weighted by atomic mass is 79.9. The van der Waals surface area contributed by atoms with Crippen molar-refractivity contribution >= 4 is 39.4 Å². The summed E-state index contributed by atoms with van der Waals surface area (Å²) < 4.78 is 0.656. The molecule has 1 atom stereocenters. The topological polar surface area (TPSA) is 95.5 Å². The van der Waals surface area contributed by atoms with E-state index >= 15 is 0 Å². The Morgan fingerprint density at radius 1 is 1.42 bits per heavy atom. The lowest BCUT2D eigenvalue weighted by Crippen LogP contribution is -2.37. The molecular weight excluding hydrogens is 316 g/mol. The van der Waals surface area contributed by atoms with Gasteiger partial charge in [-0.25, -0.2) is 4.79 Å². The monoisotopic (exact) mass is 326 g/mol. The predicted molar refractivity (Wildman–Crippen MR) is 70.9 cm³/mol. The summed E-state index contributed by atoms with van der Waals surface area (Å²) in [7, 11) is 0. The number of hydrogen-bond donors (Lipinski definition) is 3. The van der Waals surface area contributed by atoms with Gasteiger partial charge in [-0.05, 0) is 24.6 Å². The minimum absolute atomic E-state index is 0.000809. The number of rotatable bonds is 3. The third-order valence-electron chi connectivity index (χ3n) is 2.78. The largest absolute Gasteiger partial charge is 0.478 e. The molecule has 1 heterocycles. The van der Waals surface area contributed by atoms with Gasteiger partial charge in [-0.15, -0.1) is 0 Å². The quantitative estimate of drug-likeness (QED) is 0.781. The Morgan fingerprint density at radius 3 is 2.74 bits per heavy atom. The summed E-state index contributed by atoms with van der Waals surface area (Å²) in [6.45, 7) is 0. The van der Waals surface area contributed by atoms with Crippen LogP contribution in [0.4, 0.5) is 5.69 Å². The Labute approximate surface area is 117 Å². The Bertz CT molecular complexity index is 559.